The van der Waals surface area contributed by atoms with Crippen LogP contribution in [0.15, 0.2) is 52.8 Å². The molecule has 33 heavy (non-hydrogen) atoms. The number of halogens is 5. The summed E-state index contributed by atoms with van der Waals surface area (Å²) in [6.45, 7) is 6.43. The van der Waals surface area contributed by atoms with Crippen LogP contribution in [-0.2, 0) is 11.0 Å². The maximum Gasteiger partial charge on any atom is 0.419 e. The van der Waals surface area contributed by atoms with Crippen LogP contribution in [0.4, 0.5) is 23.2 Å². The van der Waals surface area contributed by atoms with Crippen molar-refractivity contribution in [2.75, 3.05) is 5.32 Å². The second kappa shape index (κ2) is 10.6. The maximum absolute atomic E-state index is 13.4. The van der Waals surface area contributed by atoms with Crippen molar-refractivity contribution >= 4 is 46.3 Å². The molecule has 1 heterocycles. The largest absolute Gasteiger partial charge is 0.419 e. The highest BCUT2D eigenvalue weighted by Crippen LogP contribution is 2.33. The minimum Gasteiger partial charge on any atom is -0.382 e. The highest BCUT2D eigenvalue weighted by molar-refractivity contribution is 7.13. The number of anilines is 1. The zero-order valence-corrected chi connectivity index (χ0v) is 18.8. The monoisotopic (exact) mass is 503 g/mol. The Morgan fingerprint density at radius 3 is 2.64 bits per heavy atom. The standard InChI is InChI=1S/C20H18ClF4N5O2S/c1-4-27-16(26)15(21)9(2)17(31)29-10(3)19-28-8-14(33-19)18(32)30-11-5-6-13(22)12(7-11)20(23,24)25/h4-8,10H,1H2,2-3H3,(H2,26,27)(H,29,31)(H,30,32)/b15-9-. The van der Waals surface area contributed by atoms with Gasteiger partial charge >= 0.3 is 6.18 Å². The van der Waals surface area contributed by atoms with E-state index in [2.05, 4.69) is 27.2 Å². The summed E-state index contributed by atoms with van der Waals surface area (Å²) in [5, 5.41) is 5.19. The summed E-state index contributed by atoms with van der Waals surface area (Å²) in [6, 6.07) is 1.48. The van der Waals surface area contributed by atoms with Gasteiger partial charge in [0.25, 0.3) is 5.91 Å². The van der Waals surface area contributed by atoms with E-state index in [-0.39, 0.29) is 27.0 Å². The molecular formula is C20H18ClF4N5O2S. The fraction of sp³-hybridized carbons (Fsp3) is 0.200. The Balaban J connectivity index is 2.12. The number of nitrogens with two attached hydrogens (primary N) is 1. The Kier molecular flexibility index (Phi) is 8.34. The van der Waals surface area contributed by atoms with E-state index >= 15 is 0 Å². The number of hydrogen-bond donors (Lipinski definition) is 3. The average Bonchev–Trinajstić information content (AvgIpc) is 3.24. The van der Waals surface area contributed by atoms with Gasteiger partial charge in [0.1, 0.15) is 21.5 Å². The van der Waals surface area contributed by atoms with Crippen molar-refractivity contribution in [3.05, 3.63) is 69.0 Å². The predicted octanol–water partition coefficient (Wildman–Crippen LogP) is 4.74. The smallest absolute Gasteiger partial charge is 0.382 e. The van der Waals surface area contributed by atoms with Crippen molar-refractivity contribution in [1.82, 2.24) is 10.3 Å². The van der Waals surface area contributed by atoms with E-state index in [0.29, 0.717) is 17.1 Å². The molecule has 0 aliphatic carbocycles. The van der Waals surface area contributed by atoms with E-state index in [1.807, 2.05) is 0 Å². The molecule has 2 aromatic rings. The Morgan fingerprint density at radius 1 is 1.36 bits per heavy atom. The first-order valence-electron chi connectivity index (χ1n) is 9.10. The Bertz CT molecular complexity index is 1140. The maximum atomic E-state index is 13.4. The minimum absolute atomic E-state index is 0.0590. The number of aromatic nitrogens is 1. The molecule has 0 spiro atoms. The molecule has 1 aromatic carbocycles. The third-order valence-electron chi connectivity index (χ3n) is 4.12. The molecule has 1 aromatic heterocycles. The van der Waals surface area contributed by atoms with E-state index in [9.17, 15) is 27.2 Å². The molecule has 13 heteroatoms. The molecule has 0 aliphatic heterocycles. The second-order valence-electron chi connectivity index (χ2n) is 6.54. The Labute approximate surface area is 195 Å². The molecule has 7 nitrogen and oxygen atoms in total. The van der Waals surface area contributed by atoms with E-state index in [4.69, 9.17) is 17.3 Å². The minimum atomic E-state index is -4.91. The number of thiazole rings is 1. The zero-order valence-electron chi connectivity index (χ0n) is 17.3. The van der Waals surface area contributed by atoms with Crippen LogP contribution in [-0.4, -0.2) is 22.6 Å². The fourth-order valence-electron chi connectivity index (χ4n) is 2.42. The van der Waals surface area contributed by atoms with E-state index in [1.54, 1.807) is 6.92 Å². The van der Waals surface area contributed by atoms with Gasteiger partial charge in [0, 0.05) is 17.5 Å². The number of hydrogen-bond acceptors (Lipinski definition) is 5. The average molecular weight is 504 g/mol. The van der Waals surface area contributed by atoms with Gasteiger partial charge in [-0.05, 0) is 32.0 Å². The van der Waals surface area contributed by atoms with Crippen molar-refractivity contribution in [2.24, 2.45) is 10.7 Å². The van der Waals surface area contributed by atoms with Crippen molar-refractivity contribution in [2.45, 2.75) is 26.1 Å². The fourth-order valence-corrected chi connectivity index (χ4v) is 3.37. The summed E-state index contributed by atoms with van der Waals surface area (Å²) >= 11 is 6.92. The van der Waals surface area contributed by atoms with Crippen LogP contribution in [0.3, 0.4) is 0 Å². The molecule has 0 fully saturated rings. The lowest BCUT2D eigenvalue weighted by molar-refractivity contribution is -0.140. The van der Waals surface area contributed by atoms with Gasteiger partial charge in [0.15, 0.2) is 0 Å². The number of rotatable bonds is 7. The normalized spacial score (nSPS) is 13.7. The van der Waals surface area contributed by atoms with Gasteiger partial charge in [0.2, 0.25) is 5.91 Å². The molecular weight excluding hydrogens is 486 g/mol. The topological polar surface area (TPSA) is 109 Å². The molecule has 0 radical (unpaired) electrons. The lowest BCUT2D eigenvalue weighted by atomic mass is 10.2. The van der Waals surface area contributed by atoms with Crippen LogP contribution in [0.25, 0.3) is 0 Å². The van der Waals surface area contributed by atoms with Gasteiger partial charge in [-0.15, -0.1) is 11.3 Å². The third-order valence-corrected chi connectivity index (χ3v) is 5.78. The van der Waals surface area contributed by atoms with Crippen molar-refractivity contribution in [1.29, 1.82) is 0 Å². The Hall–Kier alpha value is -3.25. The summed E-state index contributed by atoms with van der Waals surface area (Å²) < 4.78 is 52.0. The number of nitrogens with one attached hydrogen (secondary N) is 2. The zero-order chi connectivity index (χ0) is 24.9. The van der Waals surface area contributed by atoms with Crippen molar-refractivity contribution in [3.63, 3.8) is 0 Å². The van der Waals surface area contributed by atoms with E-state index < -0.39 is 35.4 Å². The molecule has 2 rings (SSSR count). The van der Waals surface area contributed by atoms with Crippen LogP contribution < -0.4 is 16.4 Å². The summed E-state index contributed by atoms with van der Waals surface area (Å²) in [4.78, 5) is 32.6. The van der Waals surface area contributed by atoms with Crippen LogP contribution >= 0.6 is 22.9 Å². The van der Waals surface area contributed by atoms with Gasteiger partial charge in [-0.2, -0.15) is 13.2 Å². The number of aliphatic imine (C=N–C) groups is 1. The molecule has 176 valence electrons. The molecule has 0 bridgehead atoms. The van der Waals surface area contributed by atoms with Crippen LogP contribution in [0.5, 0.6) is 0 Å². The van der Waals surface area contributed by atoms with Crippen LogP contribution in [0, 0.1) is 5.82 Å². The molecule has 0 saturated carbocycles. The first-order chi connectivity index (χ1) is 15.3. The highest BCUT2D eigenvalue weighted by Gasteiger charge is 2.34. The predicted molar refractivity (Wildman–Crippen MR) is 118 cm³/mol. The highest BCUT2D eigenvalue weighted by atomic mass is 35.5. The number of carbonyl (C=O) groups excluding carboxylic acids is 2. The van der Waals surface area contributed by atoms with Gasteiger partial charge in [0.05, 0.1) is 22.8 Å². The first-order valence-corrected chi connectivity index (χ1v) is 10.3. The van der Waals surface area contributed by atoms with Gasteiger partial charge in [-0.1, -0.05) is 18.2 Å². The van der Waals surface area contributed by atoms with Gasteiger partial charge in [-0.25, -0.2) is 14.4 Å². The van der Waals surface area contributed by atoms with Gasteiger partial charge < -0.3 is 16.4 Å². The molecule has 0 saturated heterocycles. The Morgan fingerprint density at radius 2 is 2.03 bits per heavy atom. The molecule has 1 unspecified atom stereocenters. The van der Waals surface area contributed by atoms with Gasteiger partial charge in [-0.3, -0.25) is 9.59 Å². The lowest BCUT2D eigenvalue weighted by Crippen LogP contribution is -2.29. The summed E-state index contributed by atoms with van der Waals surface area (Å²) in [5.41, 5.74) is 3.98. The van der Waals surface area contributed by atoms with E-state index in [0.717, 1.165) is 17.4 Å². The molecule has 4 N–H and O–H groups in total. The number of alkyl halides is 3. The third kappa shape index (κ3) is 6.62. The molecule has 2 amide bonds. The van der Waals surface area contributed by atoms with Crippen LogP contribution in [0.1, 0.15) is 40.1 Å². The number of amides is 2. The summed E-state index contributed by atoms with van der Waals surface area (Å²) in [6.07, 6.45) is -2.53. The van der Waals surface area contributed by atoms with Crippen molar-refractivity contribution in [3.8, 4) is 0 Å². The summed E-state index contributed by atoms with van der Waals surface area (Å²) in [7, 11) is 0. The SMILES string of the molecule is C=CN=C(N)/C(Cl)=C(\C)C(=O)NC(C)c1ncc(C(=O)Nc2ccc(F)c(C(F)(F)F)c2)s1. The van der Waals surface area contributed by atoms with Crippen LogP contribution in [0.2, 0.25) is 0 Å². The molecule has 0 aliphatic rings. The number of nitrogens with zero attached hydrogens (tertiary/aromatic N) is 2. The van der Waals surface area contributed by atoms with E-state index in [1.165, 1.54) is 19.3 Å². The first kappa shape index (κ1) is 26.0. The second-order valence-corrected chi connectivity index (χ2v) is 7.98. The van der Waals surface area contributed by atoms with Crippen molar-refractivity contribution < 1.29 is 27.2 Å². The molecule has 1 atom stereocenters. The summed E-state index contributed by atoms with van der Waals surface area (Å²) in [5.74, 6) is -2.84. The lowest BCUT2D eigenvalue weighted by Gasteiger charge is -2.12. The number of benzene rings is 1. The quantitative estimate of drug-likeness (QED) is 0.219. The number of amidine groups is 1. The number of carbonyl (C=O) groups is 2.